The highest BCUT2D eigenvalue weighted by molar-refractivity contribution is 5.94. The Hall–Kier alpha value is -3.41. The minimum Gasteiger partial charge on any atom is -0.497 e. The first-order valence-electron chi connectivity index (χ1n) is 7.64. The zero-order chi connectivity index (χ0) is 17.9. The number of rotatable bonds is 7. The van der Waals surface area contributed by atoms with Crippen LogP contribution in [0.1, 0.15) is 11.1 Å². The number of nitrogens with zero attached hydrogens (tertiary/aromatic N) is 1. The maximum Gasteiger partial charge on any atom is 0.259 e. The lowest BCUT2D eigenvalue weighted by molar-refractivity contribution is -0.123. The lowest BCUT2D eigenvalue weighted by Gasteiger charge is -2.01. The molecule has 0 bridgehead atoms. The first kappa shape index (κ1) is 17.9. The minimum atomic E-state index is -0.411. The molecule has 0 aliphatic rings. The summed E-state index contributed by atoms with van der Waals surface area (Å²) < 4.78 is 5.05. The fourth-order valence-electron chi connectivity index (χ4n) is 1.87. The van der Waals surface area contributed by atoms with Crippen LogP contribution in [0.2, 0.25) is 0 Å². The van der Waals surface area contributed by atoms with Crippen LogP contribution in [0.5, 0.6) is 5.75 Å². The van der Waals surface area contributed by atoms with E-state index in [4.69, 9.17) is 4.74 Å². The fraction of sp³-hybridized carbons (Fsp3) is 0.105. The van der Waals surface area contributed by atoms with Crippen LogP contribution in [-0.4, -0.2) is 31.7 Å². The van der Waals surface area contributed by atoms with E-state index >= 15 is 0 Å². The van der Waals surface area contributed by atoms with Crippen molar-refractivity contribution in [2.45, 2.75) is 0 Å². The summed E-state index contributed by atoms with van der Waals surface area (Å²) in [4.78, 5) is 23.3. The Morgan fingerprint density at radius 1 is 1.04 bits per heavy atom. The van der Waals surface area contributed by atoms with E-state index in [0.717, 1.165) is 16.9 Å². The van der Waals surface area contributed by atoms with Gasteiger partial charge < -0.3 is 10.1 Å². The number of carbonyl (C=O) groups excluding carboxylic acids is 2. The molecule has 2 aromatic rings. The second-order valence-electron chi connectivity index (χ2n) is 5.03. The molecule has 6 nitrogen and oxygen atoms in total. The van der Waals surface area contributed by atoms with E-state index in [9.17, 15) is 9.59 Å². The molecule has 0 aliphatic heterocycles. The lowest BCUT2D eigenvalue weighted by atomic mass is 10.2. The number of nitrogens with one attached hydrogen (secondary N) is 2. The molecule has 25 heavy (non-hydrogen) atoms. The first-order chi connectivity index (χ1) is 12.2. The molecule has 2 aromatic carbocycles. The average Bonchev–Trinajstić information content (AvgIpc) is 2.66. The van der Waals surface area contributed by atoms with E-state index in [1.165, 1.54) is 12.3 Å². The number of ether oxygens (including phenoxy) is 1. The van der Waals surface area contributed by atoms with Gasteiger partial charge in [-0.15, -0.1) is 0 Å². The highest BCUT2D eigenvalue weighted by atomic mass is 16.5. The molecule has 0 fully saturated rings. The molecule has 0 heterocycles. The van der Waals surface area contributed by atoms with Crippen molar-refractivity contribution in [3.63, 3.8) is 0 Å². The summed E-state index contributed by atoms with van der Waals surface area (Å²) in [5.74, 6) is -0.0168. The largest absolute Gasteiger partial charge is 0.497 e. The van der Waals surface area contributed by atoms with Crippen molar-refractivity contribution in [2.75, 3.05) is 13.7 Å². The van der Waals surface area contributed by atoms with Gasteiger partial charge in [0, 0.05) is 6.08 Å². The zero-order valence-corrected chi connectivity index (χ0v) is 13.8. The fourth-order valence-corrected chi connectivity index (χ4v) is 1.87. The Bertz CT molecular complexity index is 753. The Labute approximate surface area is 146 Å². The van der Waals surface area contributed by atoms with Crippen LogP contribution >= 0.6 is 0 Å². The molecule has 0 aliphatic carbocycles. The Morgan fingerprint density at radius 2 is 1.76 bits per heavy atom. The van der Waals surface area contributed by atoms with Crippen LogP contribution in [0.25, 0.3) is 6.08 Å². The molecule has 0 saturated carbocycles. The summed E-state index contributed by atoms with van der Waals surface area (Å²) in [6.07, 6.45) is 4.56. The standard InChI is InChI=1S/C19H19N3O3/c1-25-17-10-7-16(8-11-17)13-21-22-19(24)14-20-18(23)12-9-15-5-3-2-4-6-15/h2-13H,14H2,1H3,(H,20,23)(H,22,24)/b12-9+,21-13+. The molecule has 2 amide bonds. The molecule has 2 N–H and O–H groups in total. The highest BCUT2D eigenvalue weighted by Crippen LogP contribution is 2.09. The van der Waals surface area contributed by atoms with Gasteiger partial charge >= 0.3 is 0 Å². The maximum absolute atomic E-state index is 11.6. The molecule has 2 rings (SSSR count). The molecule has 0 aromatic heterocycles. The van der Waals surface area contributed by atoms with Crippen molar-refractivity contribution in [2.24, 2.45) is 5.10 Å². The number of amides is 2. The van der Waals surface area contributed by atoms with Gasteiger partial charge in [-0.05, 0) is 41.5 Å². The molecule has 128 valence electrons. The third-order valence-corrected chi connectivity index (χ3v) is 3.17. The molecular formula is C19H19N3O3. The molecule has 0 unspecified atom stereocenters. The number of hydrogen-bond acceptors (Lipinski definition) is 4. The summed E-state index contributed by atoms with van der Waals surface area (Å²) in [6, 6.07) is 16.6. The number of benzene rings is 2. The van der Waals surface area contributed by atoms with Crippen LogP contribution in [0.15, 0.2) is 65.8 Å². The quantitative estimate of drug-likeness (QED) is 0.460. The minimum absolute atomic E-state index is 0.155. The third-order valence-electron chi connectivity index (χ3n) is 3.17. The van der Waals surface area contributed by atoms with Crippen LogP contribution in [0, 0.1) is 0 Å². The summed E-state index contributed by atoms with van der Waals surface area (Å²) in [5, 5.41) is 6.32. The zero-order valence-electron chi connectivity index (χ0n) is 13.8. The Balaban J connectivity index is 1.71. The van der Waals surface area contributed by atoms with Gasteiger partial charge in [0.25, 0.3) is 5.91 Å². The number of carbonyl (C=O) groups is 2. The lowest BCUT2D eigenvalue weighted by Crippen LogP contribution is -2.34. The third kappa shape index (κ3) is 6.70. The first-order valence-corrected chi connectivity index (χ1v) is 7.64. The van der Waals surface area contributed by atoms with Gasteiger partial charge in [-0.2, -0.15) is 5.10 Å². The molecule has 6 heteroatoms. The van der Waals surface area contributed by atoms with Gasteiger partial charge in [0.1, 0.15) is 5.75 Å². The van der Waals surface area contributed by atoms with E-state index in [0.29, 0.717) is 0 Å². The van der Waals surface area contributed by atoms with Crippen molar-refractivity contribution in [1.82, 2.24) is 10.7 Å². The van der Waals surface area contributed by atoms with Crippen molar-refractivity contribution in [3.05, 3.63) is 71.8 Å². The van der Waals surface area contributed by atoms with Gasteiger partial charge in [0.15, 0.2) is 0 Å². The monoisotopic (exact) mass is 337 g/mol. The van der Waals surface area contributed by atoms with Crippen molar-refractivity contribution < 1.29 is 14.3 Å². The van der Waals surface area contributed by atoms with Crippen LogP contribution in [-0.2, 0) is 9.59 Å². The Morgan fingerprint density at radius 3 is 2.44 bits per heavy atom. The van der Waals surface area contributed by atoms with Crippen molar-refractivity contribution >= 4 is 24.1 Å². The smallest absolute Gasteiger partial charge is 0.259 e. The summed E-state index contributed by atoms with van der Waals surface area (Å²) in [7, 11) is 1.59. The van der Waals surface area contributed by atoms with Gasteiger partial charge in [0.2, 0.25) is 5.91 Å². The molecular weight excluding hydrogens is 318 g/mol. The van der Waals surface area contributed by atoms with E-state index < -0.39 is 5.91 Å². The van der Waals surface area contributed by atoms with Gasteiger partial charge in [0.05, 0.1) is 19.9 Å². The predicted octanol–water partition coefficient (Wildman–Crippen LogP) is 1.97. The van der Waals surface area contributed by atoms with Crippen LogP contribution in [0.3, 0.4) is 0 Å². The van der Waals surface area contributed by atoms with E-state index in [1.807, 2.05) is 42.5 Å². The summed E-state index contributed by atoms with van der Waals surface area (Å²) >= 11 is 0. The van der Waals surface area contributed by atoms with Crippen molar-refractivity contribution in [1.29, 1.82) is 0 Å². The van der Waals surface area contributed by atoms with E-state index in [2.05, 4.69) is 15.8 Å². The molecule has 0 spiro atoms. The van der Waals surface area contributed by atoms with Gasteiger partial charge in [-0.1, -0.05) is 30.3 Å². The highest BCUT2D eigenvalue weighted by Gasteiger charge is 2.01. The van der Waals surface area contributed by atoms with Crippen molar-refractivity contribution in [3.8, 4) is 5.75 Å². The van der Waals surface area contributed by atoms with E-state index in [-0.39, 0.29) is 12.5 Å². The summed E-state index contributed by atoms with van der Waals surface area (Å²) in [5.41, 5.74) is 4.07. The number of hydrazone groups is 1. The van der Waals surface area contributed by atoms with Gasteiger partial charge in [-0.3, -0.25) is 9.59 Å². The van der Waals surface area contributed by atoms with Gasteiger partial charge in [-0.25, -0.2) is 5.43 Å². The molecule has 0 atom stereocenters. The molecule has 0 saturated heterocycles. The molecule has 0 radical (unpaired) electrons. The summed E-state index contributed by atoms with van der Waals surface area (Å²) in [6.45, 7) is -0.155. The van der Waals surface area contributed by atoms with Crippen LogP contribution in [0.4, 0.5) is 0 Å². The topological polar surface area (TPSA) is 79.8 Å². The normalized spacial score (nSPS) is 10.8. The maximum atomic E-state index is 11.6. The second kappa shape index (κ2) is 9.67. The predicted molar refractivity (Wildman–Crippen MR) is 97.2 cm³/mol. The average molecular weight is 337 g/mol. The number of hydrogen-bond donors (Lipinski definition) is 2. The second-order valence-corrected chi connectivity index (χ2v) is 5.03. The SMILES string of the molecule is COc1ccc(/C=N/NC(=O)CNC(=O)/C=C/c2ccccc2)cc1. The number of methoxy groups -OCH3 is 1. The van der Waals surface area contributed by atoms with Crippen LogP contribution < -0.4 is 15.5 Å². The van der Waals surface area contributed by atoms with E-state index in [1.54, 1.807) is 25.3 Å². The Kier molecular flexibility index (Phi) is 6.94.